The lowest BCUT2D eigenvalue weighted by molar-refractivity contribution is 0.0656. The average molecular weight is 287 g/mol. The summed E-state index contributed by atoms with van der Waals surface area (Å²) >= 11 is 5.90. The molecule has 106 valence electrons. The van der Waals surface area contributed by atoms with Crippen LogP contribution in [-0.2, 0) is 11.2 Å². The molecule has 0 radical (unpaired) electrons. The van der Waals surface area contributed by atoms with E-state index in [2.05, 4.69) is 4.98 Å². The molecule has 0 saturated carbocycles. The van der Waals surface area contributed by atoms with Gasteiger partial charge in [0.25, 0.3) is 5.91 Å². The lowest BCUT2D eigenvalue weighted by Gasteiger charge is -2.21. The number of aryl methyl sites for hydroxylation is 1. The zero-order valence-electron chi connectivity index (χ0n) is 11.2. The number of methoxy groups -OCH3 is 1. The van der Waals surface area contributed by atoms with E-state index in [0.717, 1.165) is 5.69 Å². The van der Waals surface area contributed by atoms with E-state index < -0.39 is 0 Å². The van der Waals surface area contributed by atoms with Crippen molar-refractivity contribution in [3.05, 3.63) is 28.5 Å². The second-order valence-corrected chi connectivity index (χ2v) is 4.42. The highest BCUT2D eigenvalue weighted by Crippen LogP contribution is 2.13. The Morgan fingerprint density at radius 1 is 1.47 bits per heavy atom. The van der Waals surface area contributed by atoms with E-state index in [-0.39, 0.29) is 19.1 Å². The number of halogens is 1. The van der Waals surface area contributed by atoms with Crippen LogP contribution in [0, 0.1) is 0 Å². The summed E-state index contributed by atoms with van der Waals surface area (Å²) in [6.45, 7) is 2.98. The largest absolute Gasteiger partial charge is 0.395 e. The quantitative estimate of drug-likeness (QED) is 0.769. The van der Waals surface area contributed by atoms with Gasteiger partial charge in [-0.1, -0.05) is 18.5 Å². The fourth-order valence-corrected chi connectivity index (χ4v) is 1.90. The first-order chi connectivity index (χ1) is 9.12. The third kappa shape index (κ3) is 4.78. The molecule has 1 N–H and O–H groups in total. The highest BCUT2D eigenvalue weighted by atomic mass is 35.5. The Labute approximate surface area is 118 Å². The number of hydrogen-bond donors (Lipinski definition) is 1. The van der Waals surface area contributed by atoms with Gasteiger partial charge < -0.3 is 14.7 Å². The standard InChI is InChI=1S/C13H19ClN2O3/c1-3-11-8-10(9-12(14)15-11)13(18)16(4-6-17)5-7-19-2/h8-9,17H,3-7H2,1-2H3. The number of nitrogens with zero attached hydrogens (tertiary/aromatic N) is 2. The summed E-state index contributed by atoms with van der Waals surface area (Å²) in [6, 6.07) is 3.27. The van der Waals surface area contributed by atoms with Gasteiger partial charge in [0, 0.05) is 31.5 Å². The highest BCUT2D eigenvalue weighted by molar-refractivity contribution is 6.29. The number of aliphatic hydroxyl groups is 1. The maximum absolute atomic E-state index is 12.3. The lowest BCUT2D eigenvalue weighted by Crippen LogP contribution is -2.36. The Morgan fingerprint density at radius 3 is 2.79 bits per heavy atom. The Bertz CT molecular complexity index is 426. The van der Waals surface area contributed by atoms with Crippen LogP contribution in [0.4, 0.5) is 0 Å². The Balaban J connectivity index is 2.91. The summed E-state index contributed by atoms with van der Waals surface area (Å²) in [7, 11) is 1.57. The zero-order chi connectivity index (χ0) is 14.3. The van der Waals surface area contributed by atoms with Crippen molar-refractivity contribution in [2.24, 2.45) is 0 Å². The van der Waals surface area contributed by atoms with E-state index in [4.69, 9.17) is 21.4 Å². The number of hydrogen-bond acceptors (Lipinski definition) is 4. The summed E-state index contributed by atoms with van der Waals surface area (Å²) < 4.78 is 4.96. The van der Waals surface area contributed by atoms with E-state index >= 15 is 0 Å². The maximum atomic E-state index is 12.3. The highest BCUT2D eigenvalue weighted by Gasteiger charge is 2.16. The van der Waals surface area contributed by atoms with Crippen molar-refractivity contribution >= 4 is 17.5 Å². The van der Waals surface area contributed by atoms with Crippen molar-refractivity contribution in [2.45, 2.75) is 13.3 Å². The minimum absolute atomic E-state index is 0.0884. The predicted octanol–water partition coefficient (Wildman–Crippen LogP) is 1.38. The van der Waals surface area contributed by atoms with Crippen LogP contribution in [0.5, 0.6) is 0 Å². The van der Waals surface area contributed by atoms with Crippen molar-refractivity contribution in [1.29, 1.82) is 0 Å². The number of aromatic nitrogens is 1. The molecule has 0 bridgehead atoms. The Hall–Kier alpha value is -1.17. The molecule has 19 heavy (non-hydrogen) atoms. The van der Waals surface area contributed by atoms with Crippen LogP contribution in [0.25, 0.3) is 0 Å². The van der Waals surface area contributed by atoms with Crippen molar-refractivity contribution in [2.75, 3.05) is 33.4 Å². The molecule has 0 aliphatic heterocycles. The molecule has 1 amide bonds. The molecule has 0 aliphatic rings. The molecule has 0 spiro atoms. The van der Waals surface area contributed by atoms with Gasteiger partial charge in [0.2, 0.25) is 0 Å². The number of pyridine rings is 1. The number of ether oxygens (including phenoxy) is 1. The molecular formula is C13H19ClN2O3. The van der Waals surface area contributed by atoms with Gasteiger partial charge in [0.05, 0.1) is 13.2 Å². The van der Waals surface area contributed by atoms with Gasteiger partial charge in [0.1, 0.15) is 5.15 Å². The monoisotopic (exact) mass is 286 g/mol. The van der Waals surface area contributed by atoms with Crippen LogP contribution in [0.2, 0.25) is 5.15 Å². The van der Waals surface area contributed by atoms with E-state index in [1.165, 1.54) is 4.90 Å². The summed E-state index contributed by atoms with van der Waals surface area (Å²) in [5.74, 6) is -0.176. The zero-order valence-corrected chi connectivity index (χ0v) is 12.0. The molecule has 1 rings (SSSR count). The summed E-state index contributed by atoms with van der Waals surface area (Å²) in [4.78, 5) is 18.0. The predicted molar refractivity (Wildman–Crippen MR) is 73.5 cm³/mol. The van der Waals surface area contributed by atoms with Crippen molar-refractivity contribution < 1.29 is 14.6 Å². The molecule has 6 heteroatoms. The molecule has 0 fully saturated rings. The number of carbonyl (C=O) groups excluding carboxylic acids is 1. The van der Waals surface area contributed by atoms with Crippen molar-refractivity contribution in [3.63, 3.8) is 0 Å². The smallest absolute Gasteiger partial charge is 0.254 e. The van der Waals surface area contributed by atoms with E-state index in [0.29, 0.717) is 30.3 Å². The van der Waals surface area contributed by atoms with Crippen LogP contribution in [-0.4, -0.2) is 54.3 Å². The summed E-state index contributed by atoms with van der Waals surface area (Å²) in [5.41, 5.74) is 1.26. The minimum Gasteiger partial charge on any atom is -0.395 e. The van der Waals surface area contributed by atoms with Crippen LogP contribution in [0.3, 0.4) is 0 Å². The topological polar surface area (TPSA) is 62.7 Å². The van der Waals surface area contributed by atoms with Gasteiger partial charge in [-0.3, -0.25) is 4.79 Å². The van der Waals surface area contributed by atoms with Crippen molar-refractivity contribution in [1.82, 2.24) is 9.88 Å². The molecule has 0 aliphatic carbocycles. The summed E-state index contributed by atoms with van der Waals surface area (Å²) in [5, 5.41) is 9.32. The van der Waals surface area contributed by atoms with Gasteiger partial charge in [0.15, 0.2) is 0 Å². The molecule has 0 unspecified atom stereocenters. The van der Waals surface area contributed by atoms with Gasteiger partial charge >= 0.3 is 0 Å². The SMILES string of the molecule is CCc1cc(C(=O)N(CCO)CCOC)cc(Cl)n1. The van der Waals surface area contributed by atoms with E-state index in [1.54, 1.807) is 19.2 Å². The maximum Gasteiger partial charge on any atom is 0.254 e. The Morgan fingerprint density at radius 2 is 2.21 bits per heavy atom. The van der Waals surface area contributed by atoms with Gasteiger partial charge in [-0.2, -0.15) is 0 Å². The van der Waals surface area contributed by atoms with Crippen molar-refractivity contribution in [3.8, 4) is 0 Å². The fraction of sp³-hybridized carbons (Fsp3) is 0.538. The minimum atomic E-state index is -0.176. The number of carbonyl (C=O) groups is 1. The average Bonchev–Trinajstić information content (AvgIpc) is 2.41. The van der Waals surface area contributed by atoms with Gasteiger partial charge in [-0.05, 0) is 18.6 Å². The van der Waals surface area contributed by atoms with E-state index in [1.807, 2.05) is 6.92 Å². The second-order valence-electron chi connectivity index (χ2n) is 4.03. The second kappa shape index (κ2) is 8.09. The third-order valence-electron chi connectivity index (χ3n) is 2.68. The van der Waals surface area contributed by atoms with Crippen LogP contribution < -0.4 is 0 Å². The molecule has 5 nitrogen and oxygen atoms in total. The fourth-order valence-electron chi connectivity index (χ4n) is 1.68. The first-order valence-corrected chi connectivity index (χ1v) is 6.55. The number of amides is 1. The first-order valence-electron chi connectivity index (χ1n) is 6.17. The molecule has 1 aromatic rings. The summed E-state index contributed by atoms with van der Waals surface area (Å²) in [6.07, 6.45) is 0.707. The normalized spacial score (nSPS) is 10.5. The van der Waals surface area contributed by atoms with Crippen LogP contribution in [0.15, 0.2) is 12.1 Å². The Kier molecular flexibility index (Phi) is 6.77. The number of rotatable bonds is 7. The van der Waals surface area contributed by atoms with Gasteiger partial charge in [-0.25, -0.2) is 4.98 Å². The molecule has 0 saturated heterocycles. The molecule has 1 aromatic heterocycles. The van der Waals surface area contributed by atoms with Crippen LogP contribution >= 0.6 is 11.6 Å². The lowest BCUT2D eigenvalue weighted by atomic mass is 10.2. The molecule has 0 aromatic carbocycles. The van der Waals surface area contributed by atoms with E-state index in [9.17, 15) is 4.79 Å². The molecule has 0 atom stereocenters. The molecular weight excluding hydrogens is 268 g/mol. The molecule has 1 heterocycles. The van der Waals surface area contributed by atoms with Gasteiger partial charge in [-0.15, -0.1) is 0 Å². The third-order valence-corrected chi connectivity index (χ3v) is 2.87. The van der Waals surface area contributed by atoms with Crippen LogP contribution in [0.1, 0.15) is 23.0 Å². The first kappa shape index (κ1) is 15.9. The number of aliphatic hydroxyl groups excluding tert-OH is 1.